The molecule has 0 atom stereocenters. The van der Waals surface area contributed by atoms with Gasteiger partial charge in [0.05, 0.1) is 32.2 Å². The lowest BCUT2D eigenvalue weighted by Gasteiger charge is -2.35. The van der Waals surface area contributed by atoms with Crippen LogP contribution in [0.25, 0.3) is 0 Å². The summed E-state index contributed by atoms with van der Waals surface area (Å²) in [6.45, 7) is 8.87. The number of rotatable bonds is 9. The predicted octanol–water partition coefficient (Wildman–Crippen LogP) is 3.66. The molecule has 0 aliphatic carbocycles. The molecule has 1 aliphatic heterocycles. The van der Waals surface area contributed by atoms with Crippen molar-refractivity contribution in [1.82, 2.24) is 9.80 Å². The molecular weight excluding hydrogens is 392 g/mol. The summed E-state index contributed by atoms with van der Waals surface area (Å²) in [7, 11) is 0. The molecule has 0 unspecified atom stereocenters. The van der Waals surface area contributed by atoms with Crippen LogP contribution in [0.4, 0.5) is 11.4 Å². The van der Waals surface area contributed by atoms with E-state index in [2.05, 4.69) is 34.2 Å². The molecule has 0 bridgehead atoms. The van der Waals surface area contributed by atoms with Crippen molar-refractivity contribution >= 4 is 17.3 Å². The molecule has 1 aliphatic rings. The molecule has 7 heteroatoms. The fourth-order valence-corrected chi connectivity index (χ4v) is 3.90. The van der Waals surface area contributed by atoms with Gasteiger partial charge >= 0.3 is 0 Å². The van der Waals surface area contributed by atoms with Gasteiger partial charge in [0.1, 0.15) is 11.5 Å². The lowest BCUT2D eigenvalue weighted by Crippen LogP contribution is -2.46. The molecule has 4 rings (SSSR count). The highest BCUT2D eigenvalue weighted by molar-refractivity contribution is 5.92. The SMILES string of the molecule is CCN1CCN(c2ccc(NC(=O)CN(Cc3ccco3)Cc3ccco3)cc2)CC1. The Labute approximate surface area is 183 Å². The van der Waals surface area contributed by atoms with Crippen LogP contribution in [-0.4, -0.2) is 55.0 Å². The number of amides is 1. The number of nitrogens with one attached hydrogen (secondary N) is 1. The minimum Gasteiger partial charge on any atom is -0.468 e. The lowest BCUT2D eigenvalue weighted by molar-refractivity contribution is -0.117. The van der Waals surface area contributed by atoms with Crippen molar-refractivity contribution in [3.05, 3.63) is 72.6 Å². The van der Waals surface area contributed by atoms with Gasteiger partial charge in [0.15, 0.2) is 0 Å². The second-order valence-electron chi connectivity index (χ2n) is 7.82. The number of carbonyl (C=O) groups excluding carboxylic acids is 1. The summed E-state index contributed by atoms with van der Waals surface area (Å²) < 4.78 is 10.9. The predicted molar refractivity (Wildman–Crippen MR) is 121 cm³/mol. The number of hydrogen-bond acceptors (Lipinski definition) is 6. The van der Waals surface area contributed by atoms with Gasteiger partial charge in [0.2, 0.25) is 5.91 Å². The minimum absolute atomic E-state index is 0.0672. The zero-order valence-electron chi connectivity index (χ0n) is 18.0. The molecule has 31 heavy (non-hydrogen) atoms. The molecule has 164 valence electrons. The van der Waals surface area contributed by atoms with E-state index in [0.29, 0.717) is 13.1 Å². The van der Waals surface area contributed by atoms with Crippen LogP contribution in [0, 0.1) is 0 Å². The molecule has 3 heterocycles. The van der Waals surface area contributed by atoms with Gasteiger partial charge in [-0.15, -0.1) is 0 Å². The van der Waals surface area contributed by atoms with E-state index in [1.807, 2.05) is 41.3 Å². The third kappa shape index (κ3) is 5.99. The van der Waals surface area contributed by atoms with Crippen LogP contribution >= 0.6 is 0 Å². The van der Waals surface area contributed by atoms with Gasteiger partial charge < -0.3 is 24.0 Å². The van der Waals surface area contributed by atoms with E-state index < -0.39 is 0 Å². The van der Waals surface area contributed by atoms with Crippen LogP contribution in [0.15, 0.2) is 69.9 Å². The first-order valence-electron chi connectivity index (χ1n) is 10.8. The molecular formula is C24H30N4O3. The Morgan fingerprint density at radius 1 is 0.935 bits per heavy atom. The Bertz CT molecular complexity index is 878. The van der Waals surface area contributed by atoms with Crippen molar-refractivity contribution in [2.45, 2.75) is 20.0 Å². The number of carbonyl (C=O) groups is 1. The minimum atomic E-state index is -0.0672. The number of hydrogen-bond donors (Lipinski definition) is 1. The number of piperazine rings is 1. The molecule has 1 aromatic carbocycles. The van der Waals surface area contributed by atoms with Crippen LogP contribution in [0.1, 0.15) is 18.4 Å². The second kappa shape index (κ2) is 10.3. The van der Waals surface area contributed by atoms with Gasteiger partial charge in [-0.25, -0.2) is 0 Å². The highest BCUT2D eigenvalue weighted by Crippen LogP contribution is 2.20. The maximum absolute atomic E-state index is 12.7. The number of nitrogens with zero attached hydrogens (tertiary/aromatic N) is 3. The summed E-state index contributed by atoms with van der Waals surface area (Å²) in [5, 5.41) is 3.01. The van der Waals surface area contributed by atoms with Crippen LogP contribution in [0.3, 0.4) is 0 Å². The van der Waals surface area contributed by atoms with Crippen LogP contribution in [-0.2, 0) is 17.9 Å². The largest absolute Gasteiger partial charge is 0.468 e. The zero-order valence-corrected chi connectivity index (χ0v) is 18.0. The topological polar surface area (TPSA) is 65.1 Å². The molecule has 0 radical (unpaired) electrons. The smallest absolute Gasteiger partial charge is 0.238 e. The maximum atomic E-state index is 12.7. The first-order valence-corrected chi connectivity index (χ1v) is 10.8. The summed E-state index contributed by atoms with van der Waals surface area (Å²) in [5.41, 5.74) is 2.00. The van der Waals surface area contributed by atoms with Gasteiger partial charge in [-0.1, -0.05) is 6.92 Å². The Balaban J connectivity index is 1.32. The van der Waals surface area contributed by atoms with Crippen molar-refractivity contribution in [2.24, 2.45) is 0 Å². The van der Waals surface area contributed by atoms with Crippen molar-refractivity contribution in [3.63, 3.8) is 0 Å². The normalized spacial score (nSPS) is 14.8. The van der Waals surface area contributed by atoms with Gasteiger partial charge in [0, 0.05) is 37.6 Å². The summed E-state index contributed by atoms with van der Waals surface area (Å²) in [6, 6.07) is 15.6. The van der Waals surface area contributed by atoms with E-state index in [4.69, 9.17) is 8.83 Å². The average molecular weight is 423 g/mol. The first kappa shape index (κ1) is 21.2. The van der Waals surface area contributed by atoms with Crippen molar-refractivity contribution in [2.75, 3.05) is 49.5 Å². The van der Waals surface area contributed by atoms with E-state index in [1.165, 1.54) is 5.69 Å². The highest BCUT2D eigenvalue weighted by atomic mass is 16.3. The van der Waals surface area contributed by atoms with E-state index >= 15 is 0 Å². The molecule has 3 aromatic rings. The third-order valence-corrected chi connectivity index (χ3v) is 5.62. The second-order valence-corrected chi connectivity index (χ2v) is 7.82. The van der Waals surface area contributed by atoms with Crippen molar-refractivity contribution < 1.29 is 13.6 Å². The standard InChI is InChI=1S/C24H30N4O3/c1-2-26-11-13-28(14-12-26)21-9-7-20(8-10-21)25-24(29)19-27(17-22-5-3-15-30-22)18-23-6-4-16-31-23/h3-10,15-16H,2,11-14,17-19H2,1H3,(H,25,29). The summed E-state index contributed by atoms with van der Waals surface area (Å²) >= 11 is 0. The van der Waals surface area contributed by atoms with Crippen LogP contribution in [0.2, 0.25) is 0 Å². The van der Waals surface area contributed by atoms with Gasteiger partial charge in [0.25, 0.3) is 0 Å². The number of likely N-dealkylation sites (N-methyl/N-ethyl adjacent to an activating group) is 1. The molecule has 0 saturated carbocycles. The maximum Gasteiger partial charge on any atom is 0.238 e. The van der Waals surface area contributed by atoms with Gasteiger partial charge in [-0.05, 0) is 55.1 Å². The fraction of sp³-hybridized carbons (Fsp3) is 0.375. The lowest BCUT2D eigenvalue weighted by atomic mass is 10.2. The quantitative estimate of drug-likeness (QED) is 0.568. The molecule has 1 saturated heterocycles. The Morgan fingerprint density at radius 2 is 1.55 bits per heavy atom. The Hall–Kier alpha value is -3.03. The fourth-order valence-electron chi connectivity index (χ4n) is 3.90. The molecule has 1 N–H and O–H groups in total. The number of anilines is 2. The third-order valence-electron chi connectivity index (χ3n) is 5.62. The Kier molecular flexibility index (Phi) is 7.07. The number of furan rings is 2. The average Bonchev–Trinajstić information content (AvgIpc) is 3.49. The molecule has 2 aromatic heterocycles. The summed E-state index contributed by atoms with van der Waals surface area (Å²) in [6.07, 6.45) is 3.29. The van der Waals surface area contributed by atoms with Crippen molar-refractivity contribution in [1.29, 1.82) is 0 Å². The summed E-state index contributed by atoms with van der Waals surface area (Å²) in [4.78, 5) is 19.6. The molecule has 1 fully saturated rings. The van der Waals surface area contributed by atoms with E-state index in [1.54, 1.807) is 12.5 Å². The van der Waals surface area contributed by atoms with Crippen LogP contribution in [0.5, 0.6) is 0 Å². The molecule has 0 spiro atoms. The Morgan fingerprint density at radius 3 is 2.06 bits per heavy atom. The zero-order chi connectivity index (χ0) is 21.5. The molecule has 7 nitrogen and oxygen atoms in total. The first-order chi connectivity index (χ1) is 15.2. The van der Waals surface area contributed by atoms with Crippen LogP contribution < -0.4 is 10.2 Å². The number of benzene rings is 1. The van der Waals surface area contributed by atoms with E-state index in [-0.39, 0.29) is 12.5 Å². The highest BCUT2D eigenvalue weighted by Gasteiger charge is 2.17. The summed E-state index contributed by atoms with van der Waals surface area (Å²) in [5.74, 6) is 1.56. The monoisotopic (exact) mass is 422 g/mol. The van der Waals surface area contributed by atoms with Crippen molar-refractivity contribution in [3.8, 4) is 0 Å². The van der Waals surface area contributed by atoms with Gasteiger partial charge in [-0.2, -0.15) is 0 Å². The van der Waals surface area contributed by atoms with Gasteiger partial charge in [-0.3, -0.25) is 9.69 Å². The molecule has 1 amide bonds. The van der Waals surface area contributed by atoms with E-state index in [0.717, 1.165) is 49.9 Å². The van der Waals surface area contributed by atoms with E-state index in [9.17, 15) is 4.79 Å².